The molecule has 5 rings (SSSR count). The maximum Gasteiger partial charge on any atom is 0.251 e. The topological polar surface area (TPSA) is 140 Å². The number of morpholine rings is 1. The summed E-state index contributed by atoms with van der Waals surface area (Å²) < 4.78 is 29.2. The Morgan fingerprint density at radius 3 is 2.75 bits per heavy atom. The molecule has 2 saturated heterocycles. The van der Waals surface area contributed by atoms with Gasteiger partial charge in [-0.3, -0.25) is 4.79 Å². The van der Waals surface area contributed by atoms with E-state index < -0.39 is 15.4 Å². The fourth-order valence-electron chi connectivity index (χ4n) is 4.24. The minimum atomic E-state index is -3.04. The van der Waals surface area contributed by atoms with Gasteiger partial charge in [0.25, 0.3) is 5.91 Å². The highest BCUT2D eigenvalue weighted by Gasteiger charge is 2.52. The van der Waals surface area contributed by atoms with Gasteiger partial charge in [0.15, 0.2) is 15.5 Å². The first-order valence-corrected chi connectivity index (χ1v) is 12.0. The Bertz CT molecular complexity index is 1330. The number of benzene rings is 1. The molecule has 166 valence electrons. The van der Waals surface area contributed by atoms with E-state index in [0.29, 0.717) is 53.8 Å². The number of pyridine rings is 1. The highest BCUT2D eigenvalue weighted by molar-refractivity contribution is 7.93. The van der Waals surface area contributed by atoms with E-state index in [9.17, 15) is 13.2 Å². The van der Waals surface area contributed by atoms with Crippen molar-refractivity contribution in [1.82, 2.24) is 20.3 Å². The Labute approximate surface area is 184 Å². The normalized spacial score (nSPS) is 19.0. The average molecular weight is 455 g/mol. The zero-order valence-corrected chi connectivity index (χ0v) is 18.2. The maximum absolute atomic E-state index is 12.0. The molecule has 4 heterocycles. The van der Waals surface area contributed by atoms with E-state index in [1.165, 1.54) is 0 Å². The lowest BCUT2D eigenvalue weighted by molar-refractivity contribution is -0.0333. The molecule has 2 aromatic heterocycles. The fourth-order valence-corrected chi connectivity index (χ4v) is 6.10. The molecular formula is C21H22N6O4S. The summed E-state index contributed by atoms with van der Waals surface area (Å²) in [6.07, 6.45) is 0. The van der Waals surface area contributed by atoms with Crippen molar-refractivity contribution in [1.29, 1.82) is 0 Å². The molecule has 0 radical (unpaired) electrons. The van der Waals surface area contributed by atoms with Crippen LogP contribution in [0.25, 0.3) is 22.3 Å². The van der Waals surface area contributed by atoms with Crippen LogP contribution in [0.4, 0.5) is 11.8 Å². The molecule has 0 aliphatic carbocycles. The Balaban J connectivity index is 1.50. The van der Waals surface area contributed by atoms with E-state index in [4.69, 9.17) is 10.5 Å². The van der Waals surface area contributed by atoms with Crippen LogP contribution >= 0.6 is 0 Å². The van der Waals surface area contributed by atoms with Gasteiger partial charge in [-0.25, -0.2) is 13.4 Å². The van der Waals surface area contributed by atoms with E-state index in [2.05, 4.69) is 20.3 Å². The molecule has 2 fully saturated rings. The van der Waals surface area contributed by atoms with Gasteiger partial charge in [0.05, 0.1) is 35.7 Å². The first-order chi connectivity index (χ1) is 15.3. The van der Waals surface area contributed by atoms with Gasteiger partial charge < -0.3 is 20.7 Å². The summed E-state index contributed by atoms with van der Waals surface area (Å²) in [5.41, 5.74) is 7.87. The highest BCUT2D eigenvalue weighted by atomic mass is 32.2. The summed E-state index contributed by atoms with van der Waals surface area (Å²) in [6, 6.07) is 10.8. The van der Waals surface area contributed by atoms with Crippen molar-refractivity contribution in [3.8, 4) is 11.3 Å². The van der Waals surface area contributed by atoms with Crippen LogP contribution in [0.15, 0.2) is 36.4 Å². The third-order valence-electron chi connectivity index (χ3n) is 5.72. The fraction of sp³-hybridized carbons (Fsp3) is 0.333. The second-order valence-corrected chi connectivity index (χ2v) is 10.2. The van der Waals surface area contributed by atoms with Gasteiger partial charge in [-0.2, -0.15) is 9.97 Å². The lowest BCUT2D eigenvalue weighted by atomic mass is 10.1. The molecular weight excluding hydrogens is 432 g/mol. The van der Waals surface area contributed by atoms with Gasteiger partial charge >= 0.3 is 0 Å². The number of amides is 1. The lowest BCUT2D eigenvalue weighted by Crippen LogP contribution is -2.66. The van der Waals surface area contributed by atoms with Gasteiger partial charge in [-0.1, -0.05) is 12.1 Å². The van der Waals surface area contributed by atoms with Crippen LogP contribution < -0.4 is 16.0 Å². The second kappa shape index (κ2) is 7.38. The van der Waals surface area contributed by atoms with Crippen molar-refractivity contribution in [3.05, 3.63) is 42.0 Å². The minimum Gasteiger partial charge on any atom is -0.383 e. The van der Waals surface area contributed by atoms with Gasteiger partial charge in [0, 0.05) is 24.7 Å². The molecule has 1 aromatic carbocycles. The average Bonchev–Trinajstić information content (AvgIpc) is 2.77. The lowest BCUT2D eigenvalue weighted by Gasteiger charge is -2.47. The molecule has 0 saturated carbocycles. The van der Waals surface area contributed by atoms with Crippen molar-refractivity contribution in [3.63, 3.8) is 0 Å². The Hall–Kier alpha value is -3.31. The number of nitrogens with zero attached hydrogens (tertiary/aromatic N) is 4. The van der Waals surface area contributed by atoms with Crippen LogP contribution in [-0.4, -0.2) is 73.1 Å². The number of nitrogen functional groups attached to an aromatic ring is 1. The van der Waals surface area contributed by atoms with Crippen molar-refractivity contribution < 1.29 is 17.9 Å². The zero-order valence-electron chi connectivity index (χ0n) is 17.4. The third-order valence-corrected chi connectivity index (χ3v) is 7.65. The number of carbonyl (C=O) groups excluding carboxylic acids is 1. The summed E-state index contributed by atoms with van der Waals surface area (Å²) in [5, 5.41) is 3.23. The van der Waals surface area contributed by atoms with E-state index in [1.807, 2.05) is 23.1 Å². The summed E-state index contributed by atoms with van der Waals surface area (Å²) in [7, 11) is -1.46. The van der Waals surface area contributed by atoms with Gasteiger partial charge in [0.1, 0.15) is 11.4 Å². The molecule has 10 nitrogen and oxygen atoms in total. The van der Waals surface area contributed by atoms with Crippen LogP contribution in [0, 0.1) is 0 Å². The molecule has 2 aliphatic heterocycles. The number of ether oxygens (including phenoxy) is 1. The Morgan fingerprint density at radius 1 is 1.19 bits per heavy atom. The van der Waals surface area contributed by atoms with Crippen molar-refractivity contribution in [2.75, 3.05) is 48.9 Å². The standard InChI is InChI=1S/C21H22N6O4S/c1-23-19(28)14-4-2-3-13(9-14)16-6-5-15-17(22)25-20(26-18(15)24-16)27-7-8-31-21(10-27)11-32(29,30)12-21/h2-6,9H,7-8,10-12H2,1H3,(H,23,28)(H2,22,24,25,26). The predicted octanol–water partition coefficient (Wildman–Crippen LogP) is 0.637. The SMILES string of the molecule is CNC(=O)c1cccc(-c2ccc3c(N)nc(N4CCOC5(C4)CS(=O)(=O)C5)nc3n2)c1. The molecule has 3 N–H and O–H groups in total. The van der Waals surface area contributed by atoms with Gasteiger partial charge in [0.2, 0.25) is 5.95 Å². The number of nitrogens with one attached hydrogen (secondary N) is 1. The van der Waals surface area contributed by atoms with Gasteiger partial charge in [-0.15, -0.1) is 0 Å². The van der Waals surface area contributed by atoms with Crippen LogP contribution in [0.2, 0.25) is 0 Å². The summed E-state index contributed by atoms with van der Waals surface area (Å²) in [6.45, 7) is 1.29. The number of hydrogen-bond acceptors (Lipinski definition) is 9. The third kappa shape index (κ3) is 3.63. The Kier molecular flexibility index (Phi) is 4.75. The number of hydrogen-bond donors (Lipinski definition) is 2. The second-order valence-electron chi connectivity index (χ2n) is 8.12. The number of anilines is 2. The van der Waals surface area contributed by atoms with Crippen molar-refractivity contribution >= 4 is 38.5 Å². The van der Waals surface area contributed by atoms with Crippen LogP contribution in [0.1, 0.15) is 10.4 Å². The number of fused-ring (bicyclic) bond motifs is 1. The van der Waals surface area contributed by atoms with E-state index in [0.717, 1.165) is 5.56 Å². The molecule has 0 unspecified atom stereocenters. The Morgan fingerprint density at radius 2 is 2.00 bits per heavy atom. The number of carbonyl (C=O) groups is 1. The van der Waals surface area contributed by atoms with Crippen LogP contribution in [-0.2, 0) is 14.6 Å². The zero-order chi connectivity index (χ0) is 22.5. The number of rotatable bonds is 3. The molecule has 11 heteroatoms. The quantitative estimate of drug-likeness (QED) is 0.583. The minimum absolute atomic E-state index is 0.00361. The summed E-state index contributed by atoms with van der Waals surface area (Å²) in [4.78, 5) is 27.6. The van der Waals surface area contributed by atoms with Crippen LogP contribution in [0.3, 0.4) is 0 Å². The first-order valence-electron chi connectivity index (χ1n) is 10.1. The van der Waals surface area contributed by atoms with E-state index >= 15 is 0 Å². The monoisotopic (exact) mass is 454 g/mol. The number of nitrogens with two attached hydrogens (primary N) is 1. The number of sulfone groups is 1. The largest absolute Gasteiger partial charge is 0.383 e. The van der Waals surface area contributed by atoms with E-state index in [1.54, 1.807) is 25.2 Å². The number of aromatic nitrogens is 3. The first kappa shape index (κ1) is 20.6. The molecule has 0 bridgehead atoms. The van der Waals surface area contributed by atoms with Gasteiger partial charge in [-0.05, 0) is 24.3 Å². The predicted molar refractivity (Wildman–Crippen MR) is 120 cm³/mol. The van der Waals surface area contributed by atoms with Crippen LogP contribution in [0.5, 0.6) is 0 Å². The highest BCUT2D eigenvalue weighted by Crippen LogP contribution is 2.33. The smallest absolute Gasteiger partial charge is 0.251 e. The molecule has 1 amide bonds. The maximum atomic E-state index is 12.0. The molecule has 3 aromatic rings. The molecule has 1 spiro atoms. The molecule has 0 atom stereocenters. The van der Waals surface area contributed by atoms with E-state index in [-0.39, 0.29) is 17.4 Å². The molecule has 32 heavy (non-hydrogen) atoms. The van der Waals surface area contributed by atoms with Crippen molar-refractivity contribution in [2.24, 2.45) is 0 Å². The molecule has 2 aliphatic rings. The summed E-state index contributed by atoms with van der Waals surface area (Å²) >= 11 is 0. The van der Waals surface area contributed by atoms with Crippen molar-refractivity contribution in [2.45, 2.75) is 5.60 Å². The summed E-state index contributed by atoms with van der Waals surface area (Å²) in [5.74, 6) is 0.518.